The van der Waals surface area contributed by atoms with Crippen molar-refractivity contribution in [3.8, 4) is 0 Å². The van der Waals surface area contributed by atoms with Crippen molar-refractivity contribution in [3.05, 3.63) is 33.3 Å². The van der Waals surface area contributed by atoms with Crippen LogP contribution in [0.3, 0.4) is 0 Å². The predicted octanol–water partition coefficient (Wildman–Crippen LogP) is 2.80. The fourth-order valence-corrected chi connectivity index (χ4v) is 2.72. The molecule has 78 valence electrons. The van der Waals surface area contributed by atoms with E-state index in [0.29, 0.717) is 10.9 Å². The lowest BCUT2D eigenvalue weighted by atomic mass is 10.2. The van der Waals surface area contributed by atoms with Gasteiger partial charge >= 0.3 is 0 Å². The van der Waals surface area contributed by atoms with Gasteiger partial charge in [-0.2, -0.15) is 0 Å². The van der Waals surface area contributed by atoms with E-state index >= 15 is 0 Å². The van der Waals surface area contributed by atoms with Crippen LogP contribution >= 0.6 is 27.7 Å². The van der Waals surface area contributed by atoms with Crippen LogP contribution in [0.15, 0.2) is 32.6 Å². The van der Waals surface area contributed by atoms with E-state index in [1.165, 1.54) is 6.33 Å². The van der Waals surface area contributed by atoms with Gasteiger partial charge in [-0.3, -0.25) is 4.79 Å². The molecule has 0 bridgehead atoms. The Hall–Kier alpha value is -0.810. The van der Waals surface area contributed by atoms with Gasteiger partial charge in [0.15, 0.2) is 0 Å². The highest BCUT2D eigenvalue weighted by Crippen LogP contribution is 2.29. The van der Waals surface area contributed by atoms with Crippen LogP contribution < -0.4 is 5.56 Å². The number of benzene rings is 1. The zero-order chi connectivity index (χ0) is 10.8. The van der Waals surface area contributed by atoms with Crippen molar-refractivity contribution in [3.63, 3.8) is 0 Å². The van der Waals surface area contributed by atoms with E-state index in [0.717, 1.165) is 15.1 Å². The summed E-state index contributed by atoms with van der Waals surface area (Å²) in [7, 11) is 0. The largest absolute Gasteiger partial charge is 0.313 e. The van der Waals surface area contributed by atoms with Gasteiger partial charge in [0.2, 0.25) is 0 Å². The summed E-state index contributed by atoms with van der Waals surface area (Å²) in [5.41, 5.74) is 0.622. The minimum Gasteiger partial charge on any atom is -0.313 e. The smallest absolute Gasteiger partial charge is 0.258 e. The average molecular weight is 285 g/mol. The second-order valence-electron chi connectivity index (χ2n) is 2.96. The van der Waals surface area contributed by atoms with Gasteiger partial charge in [0.1, 0.15) is 0 Å². The molecule has 3 nitrogen and oxygen atoms in total. The Labute approximate surface area is 99.4 Å². The first-order valence-corrected chi connectivity index (χ1v) is 6.30. The number of hydrogen-bond acceptors (Lipinski definition) is 3. The number of H-pyrrole nitrogens is 1. The van der Waals surface area contributed by atoms with E-state index in [-0.39, 0.29) is 5.56 Å². The molecular formula is C10H9BrN2OS. The van der Waals surface area contributed by atoms with Crippen LogP contribution in [0, 0.1) is 0 Å². The van der Waals surface area contributed by atoms with E-state index in [1.807, 2.05) is 12.1 Å². The van der Waals surface area contributed by atoms with Crippen molar-refractivity contribution >= 4 is 38.6 Å². The maximum Gasteiger partial charge on any atom is 0.258 e. The molecule has 0 amide bonds. The summed E-state index contributed by atoms with van der Waals surface area (Å²) < 4.78 is 0.986. The molecule has 0 radical (unpaired) electrons. The second-order valence-corrected chi connectivity index (χ2v) is 5.12. The summed E-state index contributed by atoms with van der Waals surface area (Å²) in [6, 6.07) is 3.75. The van der Waals surface area contributed by atoms with Crippen molar-refractivity contribution in [2.45, 2.75) is 11.8 Å². The zero-order valence-electron chi connectivity index (χ0n) is 8.08. The Bertz CT molecular complexity index is 553. The first-order valence-electron chi connectivity index (χ1n) is 4.52. The van der Waals surface area contributed by atoms with Crippen molar-refractivity contribution in [2.24, 2.45) is 0 Å². The number of nitrogens with zero attached hydrogens (tertiary/aromatic N) is 1. The predicted molar refractivity (Wildman–Crippen MR) is 66.5 cm³/mol. The van der Waals surface area contributed by atoms with E-state index in [1.54, 1.807) is 11.8 Å². The maximum atomic E-state index is 11.5. The fourth-order valence-electron chi connectivity index (χ4n) is 1.34. The molecule has 0 saturated heterocycles. The fraction of sp³-hybridized carbons (Fsp3) is 0.200. The highest BCUT2D eigenvalue weighted by molar-refractivity contribution is 9.10. The number of hydrogen-bond donors (Lipinski definition) is 1. The molecule has 15 heavy (non-hydrogen) atoms. The van der Waals surface area contributed by atoms with E-state index in [9.17, 15) is 4.79 Å². The molecule has 1 N–H and O–H groups in total. The molecule has 0 spiro atoms. The third kappa shape index (κ3) is 2.08. The molecule has 2 aromatic rings. The van der Waals surface area contributed by atoms with Gasteiger partial charge in [0, 0.05) is 9.37 Å². The molecule has 0 aliphatic rings. The van der Waals surface area contributed by atoms with Crippen LogP contribution in [0.4, 0.5) is 0 Å². The van der Waals surface area contributed by atoms with Crippen molar-refractivity contribution in [2.75, 3.05) is 5.75 Å². The van der Waals surface area contributed by atoms with Gasteiger partial charge in [0.25, 0.3) is 5.56 Å². The highest BCUT2D eigenvalue weighted by Gasteiger charge is 2.05. The number of fused-ring (bicyclic) bond motifs is 1. The Morgan fingerprint density at radius 3 is 3.07 bits per heavy atom. The summed E-state index contributed by atoms with van der Waals surface area (Å²) >= 11 is 5.17. The lowest BCUT2D eigenvalue weighted by Crippen LogP contribution is -2.06. The molecule has 1 heterocycles. The summed E-state index contributed by atoms with van der Waals surface area (Å²) in [5.74, 6) is 0.974. The van der Waals surface area contributed by atoms with Crippen LogP contribution in [0.1, 0.15) is 6.92 Å². The normalized spacial score (nSPS) is 10.8. The molecule has 1 aromatic heterocycles. The Balaban J connectivity index is 2.72. The molecule has 0 saturated carbocycles. The first-order chi connectivity index (χ1) is 7.22. The molecule has 0 fully saturated rings. The van der Waals surface area contributed by atoms with Gasteiger partial charge in [-0.25, -0.2) is 4.98 Å². The topological polar surface area (TPSA) is 45.8 Å². The van der Waals surface area contributed by atoms with Crippen LogP contribution in [0.5, 0.6) is 0 Å². The standard InChI is InChI=1S/C10H9BrN2OS/c1-2-15-9-3-6-8(4-7(9)11)12-5-13-10(6)14/h3-5H,2H2,1H3,(H,12,13,14). The van der Waals surface area contributed by atoms with Gasteiger partial charge in [0.05, 0.1) is 17.2 Å². The second kappa shape index (κ2) is 4.37. The summed E-state index contributed by atoms with van der Waals surface area (Å²) in [4.78, 5) is 19.3. The number of aromatic nitrogens is 2. The molecule has 1 aromatic carbocycles. The Morgan fingerprint density at radius 2 is 2.33 bits per heavy atom. The van der Waals surface area contributed by atoms with E-state index in [2.05, 4.69) is 32.8 Å². The van der Waals surface area contributed by atoms with Gasteiger partial charge in [-0.1, -0.05) is 6.92 Å². The molecule has 0 unspecified atom stereocenters. The minimum atomic E-state index is -0.0922. The zero-order valence-corrected chi connectivity index (χ0v) is 10.5. The SMILES string of the molecule is CCSc1cc2c(=O)[nH]cnc2cc1Br. The van der Waals surface area contributed by atoms with Crippen molar-refractivity contribution in [1.29, 1.82) is 0 Å². The average Bonchev–Trinajstić information content (AvgIpc) is 2.21. The summed E-state index contributed by atoms with van der Waals surface area (Å²) in [6.45, 7) is 2.08. The van der Waals surface area contributed by atoms with Crippen LogP contribution in [-0.4, -0.2) is 15.7 Å². The number of thioether (sulfide) groups is 1. The third-order valence-corrected chi connectivity index (χ3v) is 3.85. The highest BCUT2D eigenvalue weighted by atomic mass is 79.9. The van der Waals surface area contributed by atoms with Gasteiger partial charge in [-0.15, -0.1) is 11.8 Å². The van der Waals surface area contributed by atoms with Gasteiger partial charge in [-0.05, 0) is 33.8 Å². The number of halogens is 1. The van der Waals surface area contributed by atoms with Crippen molar-refractivity contribution in [1.82, 2.24) is 9.97 Å². The molecule has 0 aliphatic carbocycles. The van der Waals surface area contributed by atoms with Crippen LogP contribution in [-0.2, 0) is 0 Å². The Kier molecular flexibility index (Phi) is 3.11. The number of nitrogens with one attached hydrogen (secondary N) is 1. The number of rotatable bonds is 2. The molecule has 5 heteroatoms. The summed E-state index contributed by atoms with van der Waals surface area (Å²) in [5, 5.41) is 0.636. The van der Waals surface area contributed by atoms with E-state index < -0.39 is 0 Å². The molecule has 0 atom stereocenters. The lowest BCUT2D eigenvalue weighted by Gasteiger charge is -2.03. The summed E-state index contributed by atoms with van der Waals surface area (Å²) in [6.07, 6.45) is 1.42. The monoisotopic (exact) mass is 284 g/mol. The van der Waals surface area contributed by atoms with Gasteiger partial charge < -0.3 is 4.98 Å². The first kappa shape index (κ1) is 10.7. The number of aromatic amines is 1. The third-order valence-electron chi connectivity index (χ3n) is 1.99. The maximum absolute atomic E-state index is 11.5. The minimum absolute atomic E-state index is 0.0922. The molecule has 0 aliphatic heterocycles. The Morgan fingerprint density at radius 1 is 1.53 bits per heavy atom. The quantitative estimate of drug-likeness (QED) is 0.863. The van der Waals surface area contributed by atoms with Crippen LogP contribution in [0.2, 0.25) is 0 Å². The van der Waals surface area contributed by atoms with Crippen molar-refractivity contribution < 1.29 is 0 Å². The van der Waals surface area contributed by atoms with E-state index in [4.69, 9.17) is 0 Å². The molecular weight excluding hydrogens is 276 g/mol. The molecule has 2 rings (SSSR count). The van der Waals surface area contributed by atoms with Crippen LogP contribution in [0.25, 0.3) is 10.9 Å². The lowest BCUT2D eigenvalue weighted by molar-refractivity contribution is 1.16.